The van der Waals surface area contributed by atoms with Crippen LogP contribution in [0.2, 0.25) is 0 Å². The summed E-state index contributed by atoms with van der Waals surface area (Å²) in [6, 6.07) is 8.67. The van der Waals surface area contributed by atoms with Gasteiger partial charge in [-0.05, 0) is 31.9 Å². The lowest BCUT2D eigenvalue weighted by atomic mass is 10.0. The quantitative estimate of drug-likeness (QED) is 0.859. The number of hydrogen-bond acceptors (Lipinski definition) is 3. The third-order valence-corrected chi connectivity index (χ3v) is 4.23. The van der Waals surface area contributed by atoms with Crippen molar-refractivity contribution in [3.63, 3.8) is 0 Å². The predicted molar refractivity (Wildman–Crippen MR) is 97.3 cm³/mol. The standard InChI is InChI=1S/C16H25N3O.2ClH/c1-11(10-18-16(20)12(2)13(3)17)19-9-8-14-6-4-5-7-15(14)19;;/h4-7,11-13H,8-10,17H2,1-3H3,(H,18,20);2*1H. The number of para-hydroxylation sites is 1. The van der Waals surface area contributed by atoms with Crippen molar-refractivity contribution >= 4 is 36.4 Å². The van der Waals surface area contributed by atoms with Gasteiger partial charge in [0.25, 0.3) is 0 Å². The Kier molecular flexibility index (Phi) is 8.83. The van der Waals surface area contributed by atoms with E-state index < -0.39 is 0 Å². The minimum Gasteiger partial charge on any atom is -0.366 e. The smallest absolute Gasteiger partial charge is 0.224 e. The molecule has 6 heteroatoms. The first-order valence-electron chi connectivity index (χ1n) is 7.38. The Balaban J connectivity index is 0.00000220. The zero-order chi connectivity index (χ0) is 14.7. The van der Waals surface area contributed by atoms with Gasteiger partial charge in [-0.15, -0.1) is 24.8 Å². The van der Waals surface area contributed by atoms with Crippen LogP contribution in [0, 0.1) is 5.92 Å². The first-order valence-corrected chi connectivity index (χ1v) is 7.38. The SMILES string of the molecule is CC(N)C(C)C(=O)NCC(C)N1CCc2ccccc21.Cl.Cl. The number of amides is 1. The van der Waals surface area contributed by atoms with E-state index in [1.54, 1.807) is 0 Å². The lowest BCUT2D eigenvalue weighted by molar-refractivity contribution is -0.124. The molecule has 0 saturated carbocycles. The van der Waals surface area contributed by atoms with Crippen molar-refractivity contribution < 1.29 is 4.79 Å². The number of hydrogen-bond donors (Lipinski definition) is 2. The van der Waals surface area contributed by atoms with Gasteiger partial charge in [-0.1, -0.05) is 25.1 Å². The van der Waals surface area contributed by atoms with E-state index in [9.17, 15) is 4.79 Å². The third kappa shape index (κ3) is 4.77. The fraction of sp³-hybridized carbons (Fsp3) is 0.562. The average Bonchev–Trinajstić information content (AvgIpc) is 2.87. The van der Waals surface area contributed by atoms with E-state index in [4.69, 9.17) is 5.73 Å². The first kappa shape index (κ1) is 21.0. The molecule has 1 aromatic carbocycles. The number of halogens is 2. The van der Waals surface area contributed by atoms with Crippen molar-refractivity contribution in [2.45, 2.75) is 39.3 Å². The summed E-state index contributed by atoms with van der Waals surface area (Å²) in [5, 5.41) is 3.01. The molecule has 1 amide bonds. The molecule has 1 heterocycles. The van der Waals surface area contributed by atoms with Crippen LogP contribution in [0.25, 0.3) is 0 Å². The van der Waals surface area contributed by atoms with Crippen LogP contribution in [-0.4, -0.2) is 31.1 Å². The molecular weight excluding hydrogens is 321 g/mol. The maximum absolute atomic E-state index is 11.9. The fourth-order valence-corrected chi connectivity index (χ4v) is 2.58. The van der Waals surface area contributed by atoms with Crippen LogP contribution in [-0.2, 0) is 11.2 Å². The monoisotopic (exact) mass is 347 g/mol. The van der Waals surface area contributed by atoms with Crippen molar-refractivity contribution in [2.24, 2.45) is 11.7 Å². The summed E-state index contributed by atoms with van der Waals surface area (Å²) in [5.41, 5.74) is 8.46. The van der Waals surface area contributed by atoms with Gasteiger partial charge in [0.15, 0.2) is 0 Å². The van der Waals surface area contributed by atoms with Crippen LogP contribution in [0.4, 0.5) is 5.69 Å². The minimum absolute atomic E-state index is 0. The second kappa shape index (κ2) is 9.23. The van der Waals surface area contributed by atoms with Crippen LogP contribution in [0.15, 0.2) is 24.3 Å². The molecule has 0 fully saturated rings. The summed E-state index contributed by atoms with van der Waals surface area (Å²) < 4.78 is 0. The summed E-state index contributed by atoms with van der Waals surface area (Å²) in [6.45, 7) is 7.57. The summed E-state index contributed by atoms with van der Waals surface area (Å²) in [5.74, 6) is -0.104. The van der Waals surface area contributed by atoms with Crippen molar-refractivity contribution in [2.75, 3.05) is 18.0 Å². The van der Waals surface area contributed by atoms with E-state index in [1.807, 2.05) is 13.8 Å². The van der Waals surface area contributed by atoms with Crippen molar-refractivity contribution in [3.05, 3.63) is 29.8 Å². The van der Waals surface area contributed by atoms with Gasteiger partial charge < -0.3 is 16.0 Å². The summed E-state index contributed by atoms with van der Waals surface area (Å²) in [6.07, 6.45) is 1.09. The molecule has 0 saturated heterocycles. The van der Waals surface area contributed by atoms with Crippen molar-refractivity contribution in [1.29, 1.82) is 0 Å². The summed E-state index contributed by atoms with van der Waals surface area (Å²) >= 11 is 0. The Morgan fingerprint density at radius 3 is 2.55 bits per heavy atom. The lowest BCUT2D eigenvalue weighted by Gasteiger charge is -2.28. The molecule has 0 radical (unpaired) electrons. The molecule has 1 aliphatic heterocycles. The molecule has 3 unspecified atom stereocenters. The number of nitrogens with two attached hydrogens (primary N) is 1. The normalized spacial score (nSPS) is 16.6. The predicted octanol–water partition coefficient (Wildman–Crippen LogP) is 2.38. The topological polar surface area (TPSA) is 58.4 Å². The summed E-state index contributed by atoms with van der Waals surface area (Å²) in [7, 11) is 0. The highest BCUT2D eigenvalue weighted by Gasteiger charge is 2.24. The fourth-order valence-electron chi connectivity index (χ4n) is 2.58. The maximum atomic E-state index is 11.9. The zero-order valence-electron chi connectivity index (χ0n) is 13.4. The molecule has 0 aliphatic carbocycles. The highest BCUT2D eigenvalue weighted by Crippen LogP contribution is 2.28. The zero-order valence-corrected chi connectivity index (χ0v) is 15.0. The molecule has 3 atom stereocenters. The first-order chi connectivity index (χ1) is 9.50. The van der Waals surface area contributed by atoms with Gasteiger partial charge in [0.05, 0.1) is 0 Å². The van der Waals surface area contributed by atoms with Gasteiger partial charge in [0.2, 0.25) is 5.91 Å². The van der Waals surface area contributed by atoms with Crippen LogP contribution in [0.5, 0.6) is 0 Å². The highest BCUT2D eigenvalue weighted by molar-refractivity contribution is 5.85. The summed E-state index contributed by atoms with van der Waals surface area (Å²) in [4.78, 5) is 14.3. The molecule has 2 rings (SSSR count). The number of fused-ring (bicyclic) bond motifs is 1. The Hall–Kier alpha value is -0.970. The van der Waals surface area contributed by atoms with Gasteiger partial charge in [-0.3, -0.25) is 4.79 Å². The molecular formula is C16H27Cl2N3O. The molecule has 4 nitrogen and oxygen atoms in total. The molecule has 1 aromatic rings. The Labute approximate surface area is 145 Å². The van der Waals surface area contributed by atoms with Gasteiger partial charge in [0, 0.05) is 36.8 Å². The highest BCUT2D eigenvalue weighted by atomic mass is 35.5. The molecule has 22 heavy (non-hydrogen) atoms. The largest absolute Gasteiger partial charge is 0.366 e. The average molecular weight is 348 g/mol. The Morgan fingerprint density at radius 1 is 1.27 bits per heavy atom. The number of carbonyl (C=O) groups is 1. The van der Waals surface area contributed by atoms with E-state index in [2.05, 4.69) is 41.4 Å². The van der Waals surface area contributed by atoms with Gasteiger partial charge in [-0.2, -0.15) is 0 Å². The van der Waals surface area contributed by atoms with E-state index in [0.717, 1.165) is 13.0 Å². The third-order valence-electron chi connectivity index (χ3n) is 4.23. The number of carbonyl (C=O) groups excluding carboxylic acids is 1. The van der Waals surface area contributed by atoms with E-state index in [1.165, 1.54) is 11.3 Å². The van der Waals surface area contributed by atoms with Gasteiger partial charge >= 0.3 is 0 Å². The van der Waals surface area contributed by atoms with E-state index >= 15 is 0 Å². The number of rotatable bonds is 5. The Bertz CT molecular complexity index is 482. The molecule has 1 aliphatic rings. The molecule has 3 N–H and O–H groups in total. The lowest BCUT2D eigenvalue weighted by Crippen LogP contribution is -2.45. The molecule has 126 valence electrons. The molecule has 0 spiro atoms. The molecule has 0 aromatic heterocycles. The minimum atomic E-state index is -0.145. The number of nitrogens with zero attached hydrogens (tertiary/aromatic N) is 1. The number of nitrogens with one attached hydrogen (secondary N) is 1. The van der Waals surface area contributed by atoms with Gasteiger partial charge in [-0.25, -0.2) is 0 Å². The van der Waals surface area contributed by atoms with Crippen LogP contribution in [0.3, 0.4) is 0 Å². The second-order valence-electron chi connectivity index (χ2n) is 5.81. The van der Waals surface area contributed by atoms with Crippen LogP contribution < -0.4 is 16.0 Å². The van der Waals surface area contributed by atoms with Crippen LogP contribution in [0.1, 0.15) is 26.3 Å². The second-order valence-corrected chi connectivity index (χ2v) is 5.81. The maximum Gasteiger partial charge on any atom is 0.224 e. The van der Waals surface area contributed by atoms with E-state index in [-0.39, 0.29) is 42.7 Å². The van der Waals surface area contributed by atoms with Crippen LogP contribution >= 0.6 is 24.8 Å². The Morgan fingerprint density at radius 2 is 1.91 bits per heavy atom. The van der Waals surface area contributed by atoms with Crippen molar-refractivity contribution in [3.8, 4) is 0 Å². The van der Waals surface area contributed by atoms with Crippen molar-refractivity contribution in [1.82, 2.24) is 5.32 Å². The molecule has 0 bridgehead atoms. The van der Waals surface area contributed by atoms with Gasteiger partial charge in [0.1, 0.15) is 0 Å². The number of benzene rings is 1. The number of anilines is 1. The van der Waals surface area contributed by atoms with E-state index in [0.29, 0.717) is 12.6 Å².